The first kappa shape index (κ1) is 11.6. The Morgan fingerprint density at radius 1 is 1.26 bits per heavy atom. The molecule has 4 rings (SSSR count). The fourth-order valence-corrected chi connectivity index (χ4v) is 4.48. The van der Waals surface area contributed by atoms with E-state index in [1.165, 1.54) is 24.8 Å². The van der Waals surface area contributed by atoms with Crippen LogP contribution >= 0.6 is 0 Å². The standard InChI is InChI=1S/C16H21NO2/c18-16(13-9-10-4-5-11(13)8-10)17-14-2-1-3-15-12(14)6-7-19-15/h6-7,10-11,13-14H,1-5,8-9H2,(H,17,18). The minimum atomic E-state index is 0.189. The van der Waals surface area contributed by atoms with Crippen molar-refractivity contribution < 1.29 is 9.21 Å². The Labute approximate surface area is 113 Å². The van der Waals surface area contributed by atoms with Gasteiger partial charge in [-0.25, -0.2) is 0 Å². The molecule has 3 aliphatic carbocycles. The highest BCUT2D eigenvalue weighted by atomic mass is 16.3. The lowest BCUT2D eigenvalue weighted by molar-refractivity contribution is -0.127. The fraction of sp³-hybridized carbons (Fsp3) is 0.688. The molecule has 0 aromatic carbocycles. The van der Waals surface area contributed by atoms with E-state index < -0.39 is 0 Å². The molecule has 3 nitrogen and oxygen atoms in total. The Kier molecular flexibility index (Phi) is 2.68. The summed E-state index contributed by atoms with van der Waals surface area (Å²) in [6.07, 6.45) is 9.98. The van der Waals surface area contributed by atoms with Gasteiger partial charge in [-0.3, -0.25) is 4.79 Å². The molecule has 3 heteroatoms. The largest absolute Gasteiger partial charge is 0.469 e. The Balaban J connectivity index is 1.46. The predicted octanol–water partition coefficient (Wildman–Crippen LogP) is 3.21. The van der Waals surface area contributed by atoms with Gasteiger partial charge in [-0.15, -0.1) is 0 Å². The van der Waals surface area contributed by atoms with Crippen LogP contribution in [0.1, 0.15) is 55.9 Å². The molecule has 1 amide bonds. The summed E-state index contributed by atoms with van der Waals surface area (Å²) in [5.74, 6) is 3.15. The van der Waals surface area contributed by atoms with Gasteiger partial charge in [-0.2, -0.15) is 0 Å². The van der Waals surface area contributed by atoms with Gasteiger partial charge in [0.15, 0.2) is 0 Å². The highest BCUT2D eigenvalue weighted by Gasteiger charge is 2.43. The van der Waals surface area contributed by atoms with E-state index in [2.05, 4.69) is 5.32 Å². The van der Waals surface area contributed by atoms with Gasteiger partial charge in [0, 0.05) is 17.9 Å². The monoisotopic (exact) mass is 259 g/mol. The third-order valence-electron chi connectivity index (χ3n) is 5.44. The first-order chi connectivity index (χ1) is 9.31. The van der Waals surface area contributed by atoms with E-state index in [-0.39, 0.29) is 12.0 Å². The van der Waals surface area contributed by atoms with Gasteiger partial charge < -0.3 is 9.73 Å². The van der Waals surface area contributed by atoms with E-state index in [0.29, 0.717) is 11.8 Å². The summed E-state index contributed by atoms with van der Waals surface area (Å²) in [5, 5.41) is 3.29. The van der Waals surface area contributed by atoms with Crippen molar-refractivity contribution in [2.45, 2.75) is 51.0 Å². The zero-order chi connectivity index (χ0) is 12.8. The summed E-state index contributed by atoms with van der Waals surface area (Å²) >= 11 is 0. The maximum Gasteiger partial charge on any atom is 0.223 e. The molecule has 1 aromatic heterocycles. The number of hydrogen-bond acceptors (Lipinski definition) is 2. The third kappa shape index (κ3) is 1.90. The average Bonchev–Trinajstić information content (AvgIpc) is 3.14. The van der Waals surface area contributed by atoms with E-state index in [1.807, 2.05) is 6.07 Å². The smallest absolute Gasteiger partial charge is 0.223 e. The third-order valence-corrected chi connectivity index (χ3v) is 5.44. The van der Waals surface area contributed by atoms with Crippen LogP contribution in [0.2, 0.25) is 0 Å². The van der Waals surface area contributed by atoms with Gasteiger partial charge in [0.05, 0.1) is 12.3 Å². The van der Waals surface area contributed by atoms with Crippen LogP contribution in [-0.4, -0.2) is 5.91 Å². The summed E-state index contributed by atoms with van der Waals surface area (Å²) in [6, 6.07) is 2.22. The van der Waals surface area contributed by atoms with Gasteiger partial charge >= 0.3 is 0 Å². The van der Waals surface area contributed by atoms with Crippen molar-refractivity contribution in [1.29, 1.82) is 0 Å². The second-order valence-electron chi connectivity index (χ2n) is 6.53. The van der Waals surface area contributed by atoms with Crippen molar-refractivity contribution in [2.75, 3.05) is 0 Å². The zero-order valence-electron chi connectivity index (χ0n) is 11.2. The molecule has 2 fully saturated rings. The highest BCUT2D eigenvalue weighted by molar-refractivity contribution is 5.80. The quantitative estimate of drug-likeness (QED) is 0.886. The van der Waals surface area contributed by atoms with Gasteiger partial charge in [-0.1, -0.05) is 6.42 Å². The molecule has 0 radical (unpaired) electrons. The Bertz CT molecular complexity index is 493. The number of nitrogens with one attached hydrogen (secondary N) is 1. The number of fused-ring (bicyclic) bond motifs is 3. The van der Waals surface area contributed by atoms with Gasteiger partial charge in [0.1, 0.15) is 5.76 Å². The molecule has 0 aliphatic heterocycles. The molecule has 2 bridgehead atoms. The second kappa shape index (κ2) is 4.39. The molecular formula is C16H21NO2. The maximum atomic E-state index is 12.5. The molecule has 3 aliphatic rings. The molecule has 102 valence electrons. The number of rotatable bonds is 2. The van der Waals surface area contributed by atoms with Crippen molar-refractivity contribution in [1.82, 2.24) is 5.32 Å². The minimum Gasteiger partial charge on any atom is -0.469 e. The van der Waals surface area contributed by atoms with Crippen LogP contribution in [0.4, 0.5) is 0 Å². The van der Waals surface area contributed by atoms with Crippen LogP contribution in [0.25, 0.3) is 0 Å². The number of furan rings is 1. The highest BCUT2D eigenvalue weighted by Crippen LogP contribution is 2.48. The molecule has 1 N–H and O–H groups in total. The zero-order valence-corrected chi connectivity index (χ0v) is 11.2. The van der Waals surface area contributed by atoms with Crippen LogP contribution in [0.5, 0.6) is 0 Å². The van der Waals surface area contributed by atoms with E-state index in [4.69, 9.17) is 4.42 Å². The van der Waals surface area contributed by atoms with Gasteiger partial charge in [-0.05, 0) is 50.0 Å². The van der Waals surface area contributed by atoms with Crippen molar-refractivity contribution in [3.8, 4) is 0 Å². The summed E-state index contributed by atoms with van der Waals surface area (Å²) in [6.45, 7) is 0. The molecular weight excluding hydrogens is 238 g/mol. The molecule has 4 atom stereocenters. The van der Waals surface area contributed by atoms with Crippen molar-refractivity contribution in [3.05, 3.63) is 23.7 Å². The second-order valence-corrected chi connectivity index (χ2v) is 6.53. The number of aryl methyl sites for hydroxylation is 1. The number of carbonyl (C=O) groups excluding carboxylic acids is 1. The van der Waals surface area contributed by atoms with Crippen LogP contribution in [-0.2, 0) is 11.2 Å². The summed E-state index contributed by atoms with van der Waals surface area (Å²) < 4.78 is 5.49. The first-order valence-electron chi connectivity index (χ1n) is 7.68. The lowest BCUT2D eigenvalue weighted by Gasteiger charge is -2.27. The van der Waals surface area contributed by atoms with E-state index >= 15 is 0 Å². The normalized spacial score (nSPS) is 36.2. The topological polar surface area (TPSA) is 42.2 Å². The lowest BCUT2D eigenvalue weighted by atomic mass is 9.87. The van der Waals surface area contributed by atoms with Gasteiger partial charge in [0.2, 0.25) is 5.91 Å². The molecule has 0 spiro atoms. The number of amides is 1. The summed E-state index contributed by atoms with van der Waals surface area (Å²) in [4.78, 5) is 12.5. The summed E-state index contributed by atoms with van der Waals surface area (Å²) in [5.41, 5.74) is 1.21. The molecule has 4 unspecified atom stereocenters. The molecule has 1 aromatic rings. The van der Waals surface area contributed by atoms with E-state index in [9.17, 15) is 4.79 Å². The van der Waals surface area contributed by atoms with Crippen LogP contribution in [0.3, 0.4) is 0 Å². The Morgan fingerprint density at radius 3 is 3.00 bits per heavy atom. The van der Waals surface area contributed by atoms with Crippen molar-refractivity contribution in [3.63, 3.8) is 0 Å². The van der Waals surface area contributed by atoms with E-state index in [1.54, 1.807) is 6.26 Å². The number of hydrogen-bond donors (Lipinski definition) is 1. The molecule has 0 saturated heterocycles. The molecule has 19 heavy (non-hydrogen) atoms. The SMILES string of the molecule is O=C(NC1CCCc2occc21)C1CC2CCC1C2. The molecule has 1 heterocycles. The fourth-order valence-electron chi connectivity index (χ4n) is 4.48. The maximum absolute atomic E-state index is 12.5. The van der Waals surface area contributed by atoms with Gasteiger partial charge in [0.25, 0.3) is 0 Å². The Hall–Kier alpha value is -1.25. The van der Waals surface area contributed by atoms with Crippen LogP contribution in [0, 0.1) is 17.8 Å². The number of carbonyl (C=O) groups is 1. The predicted molar refractivity (Wildman–Crippen MR) is 71.5 cm³/mol. The Morgan fingerprint density at radius 2 is 2.21 bits per heavy atom. The van der Waals surface area contributed by atoms with Crippen molar-refractivity contribution >= 4 is 5.91 Å². The first-order valence-corrected chi connectivity index (χ1v) is 7.68. The van der Waals surface area contributed by atoms with Crippen molar-refractivity contribution in [2.24, 2.45) is 17.8 Å². The van der Waals surface area contributed by atoms with Crippen LogP contribution < -0.4 is 5.32 Å². The van der Waals surface area contributed by atoms with Crippen LogP contribution in [0.15, 0.2) is 16.7 Å². The minimum absolute atomic E-state index is 0.189. The summed E-state index contributed by atoms with van der Waals surface area (Å²) in [7, 11) is 0. The van der Waals surface area contributed by atoms with E-state index in [0.717, 1.165) is 37.4 Å². The molecule has 2 saturated carbocycles. The lowest BCUT2D eigenvalue weighted by Crippen LogP contribution is -2.37. The average molecular weight is 259 g/mol.